The molecule has 1 N–H and O–H groups in total. The minimum absolute atomic E-state index is 0.0324. The van der Waals surface area contributed by atoms with Gasteiger partial charge >= 0.3 is 0 Å². The molecule has 15 heavy (non-hydrogen) atoms. The molecule has 0 aliphatic rings. The van der Waals surface area contributed by atoms with Gasteiger partial charge in [-0.05, 0) is 22.0 Å². The quantitative estimate of drug-likeness (QED) is 0.696. The lowest BCUT2D eigenvalue weighted by Crippen LogP contribution is -1.98. The second-order valence-corrected chi connectivity index (χ2v) is 4.31. The van der Waals surface area contributed by atoms with Crippen LogP contribution >= 0.6 is 27.5 Å². The highest BCUT2D eigenvalue weighted by Gasteiger charge is 2.14. The number of nitrogens with zero attached hydrogens (tertiary/aromatic N) is 1. The Morgan fingerprint density at radius 1 is 1.60 bits per heavy atom. The molecule has 0 bridgehead atoms. The largest absolute Gasteiger partial charge is 0.345 e. The number of nitrogens with one attached hydrogen (secondary N) is 1. The average molecular weight is 288 g/mol. The molecule has 0 fully saturated rings. The van der Waals surface area contributed by atoms with Crippen LogP contribution in [0.4, 0.5) is 0 Å². The van der Waals surface area contributed by atoms with E-state index in [4.69, 9.17) is 11.6 Å². The van der Waals surface area contributed by atoms with E-state index in [9.17, 15) is 4.79 Å². The molecule has 0 aliphatic carbocycles. The van der Waals surface area contributed by atoms with Gasteiger partial charge in [0.1, 0.15) is 5.65 Å². The molecule has 0 aromatic carbocycles. The standard InChI is InChI=1S/C10H8BrClN2O/c11-7-2-4-13-10-9(7)6(5-14-10)8(15)1-3-12/h2,4-5H,1,3H2,(H,13,14). The molecule has 5 heteroatoms. The van der Waals surface area contributed by atoms with Crippen LogP contribution in [-0.2, 0) is 0 Å². The first-order valence-electron chi connectivity index (χ1n) is 4.45. The van der Waals surface area contributed by atoms with Crippen molar-refractivity contribution in [3.63, 3.8) is 0 Å². The Morgan fingerprint density at radius 2 is 2.40 bits per heavy atom. The third kappa shape index (κ3) is 1.92. The third-order valence-electron chi connectivity index (χ3n) is 2.14. The van der Waals surface area contributed by atoms with E-state index in [1.165, 1.54) is 0 Å². The van der Waals surface area contributed by atoms with E-state index in [1.807, 2.05) is 6.07 Å². The van der Waals surface area contributed by atoms with Gasteiger partial charge in [0, 0.05) is 40.1 Å². The van der Waals surface area contributed by atoms with Gasteiger partial charge in [-0.1, -0.05) is 0 Å². The molecule has 0 saturated heterocycles. The van der Waals surface area contributed by atoms with E-state index in [2.05, 4.69) is 25.9 Å². The predicted octanol–water partition coefficient (Wildman–Crippen LogP) is 3.14. The molecule has 0 saturated carbocycles. The van der Waals surface area contributed by atoms with Crippen LogP contribution in [0.5, 0.6) is 0 Å². The number of ketones is 1. The lowest BCUT2D eigenvalue weighted by Gasteiger charge is -1.97. The zero-order valence-electron chi connectivity index (χ0n) is 7.76. The number of halogens is 2. The molecule has 0 radical (unpaired) electrons. The summed E-state index contributed by atoms with van der Waals surface area (Å²) in [5, 5.41) is 0.826. The van der Waals surface area contributed by atoms with Gasteiger partial charge in [0.05, 0.1) is 0 Å². The Hall–Kier alpha value is -0.870. The molecular formula is C10H8BrClN2O. The van der Waals surface area contributed by atoms with Crippen molar-refractivity contribution in [1.82, 2.24) is 9.97 Å². The van der Waals surface area contributed by atoms with Crippen LogP contribution in [0.2, 0.25) is 0 Å². The van der Waals surface area contributed by atoms with Gasteiger partial charge in [0.25, 0.3) is 0 Å². The Morgan fingerprint density at radius 3 is 3.13 bits per heavy atom. The third-order valence-corrected chi connectivity index (χ3v) is 2.99. The van der Waals surface area contributed by atoms with Crippen LogP contribution in [0.15, 0.2) is 22.9 Å². The summed E-state index contributed by atoms with van der Waals surface area (Å²) in [4.78, 5) is 18.8. The minimum Gasteiger partial charge on any atom is -0.345 e. The van der Waals surface area contributed by atoms with Crippen LogP contribution in [-0.4, -0.2) is 21.6 Å². The first-order valence-corrected chi connectivity index (χ1v) is 5.77. The van der Waals surface area contributed by atoms with Crippen LogP contribution < -0.4 is 0 Å². The molecule has 2 aromatic rings. The van der Waals surface area contributed by atoms with Gasteiger partial charge in [-0.15, -0.1) is 11.6 Å². The molecule has 78 valence electrons. The zero-order chi connectivity index (χ0) is 10.8. The molecule has 0 amide bonds. The van der Waals surface area contributed by atoms with Gasteiger partial charge in [0.2, 0.25) is 0 Å². The maximum Gasteiger partial charge on any atom is 0.166 e. The van der Waals surface area contributed by atoms with Crippen molar-refractivity contribution in [3.8, 4) is 0 Å². The minimum atomic E-state index is 0.0324. The summed E-state index contributed by atoms with van der Waals surface area (Å²) in [6.07, 6.45) is 3.70. The molecule has 0 atom stereocenters. The monoisotopic (exact) mass is 286 g/mol. The first kappa shape index (κ1) is 10.6. The number of H-pyrrole nitrogens is 1. The number of hydrogen-bond acceptors (Lipinski definition) is 2. The summed E-state index contributed by atoms with van der Waals surface area (Å²) in [6.45, 7) is 0. The van der Waals surface area contributed by atoms with Crippen molar-refractivity contribution in [2.75, 3.05) is 5.88 Å². The number of carbonyl (C=O) groups is 1. The summed E-state index contributed by atoms with van der Waals surface area (Å²) in [5.74, 6) is 0.369. The maximum absolute atomic E-state index is 11.7. The number of aromatic nitrogens is 2. The van der Waals surface area contributed by atoms with Crippen molar-refractivity contribution >= 4 is 44.3 Å². The smallest absolute Gasteiger partial charge is 0.166 e. The van der Waals surface area contributed by atoms with E-state index >= 15 is 0 Å². The predicted molar refractivity (Wildman–Crippen MR) is 63.5 cm³/mol. The number of pyridine rings is 1. The number of fused-ring (bicyclic) bond motifs is 1. The Balaban J connectivity index is 2.57. The fraction of sp³-hybridized carbons (Fsp3) is 0.200. The fourth-order valence-corrected chi connectivity index (χ4v) is 2.15. The molecule has 3 nitrogen and oxygen atoms in total. The Kier molecular flexibility index (Phi) is 3.07. The first-order chi connectivity index (χ1) is 7.24. The molecule has 0 aliphatic heterocycles. The van der Waals surface area contributed by atoms with Gasteiger partial charge in [0.15, 0.2) is 5.78 Å². The summed E-state index contributed by atoms with van der Waals surface area (Å²) >= 11 is 8.95. The number of alkyl halides is 1. The van der Waals surface area contributed by atoms with Crippen LogP contribution in [0, 0.1) is 0 Å². The summed E-state index contributed by atoms with van der Waals surface area (Å²) < 4.78 is 0.867. The topological polar surface area (TPSA) is 45.8 Å². The van der Waals surface area contributed by atoms with Gasteiger partial charge in [-0.2, -0.15) is 0 Å². The van der Waals surface area contributed by atoms with Crippen molar-refractivity contribution in [2.24, 2.45) is 0 Å². The van der Waals surface area contributed by atoms with Crippen molar-refractivity contribution in [2.45, 2.75) is 6.42 Å². The molecule has 2 aromatic heterocycles. The number of carbonyl (C=O) groups excluding carboxylic acids is 1. The van der Waals surface area contributed by atoms with E-state index < -0.39 is 0 Å². The van der Waals surface area contributed by atoms with Crippen molar-refractivity contribution in [1.29, 1.82) is 0 Å². The number of Topliss-reactive ketones (excluding diaryl/α,β-unsaturated/α-hetero) is 1. The summed E-state index contributed by atoms with van der Waals surface area (Å²) in [7, 11) is 0. The lowest BCUT2D eigenvalue weighted by atomic mass is 10.1. The highest BCUT2D eigenvalue weighted by atomic mass is 79.9. The van der Waals surface area contributed by atoms with Crippen molar-refractivity contribution in [3.05, 3.63) is 28.5 Å². The highest BCUT2D eigenvalue weighted by Crippen LogP contribution is 2.26. The number of rotatable bonds is 3. The van der Waals surface area contributed by atoms with Gasteiger partial charge in [-0.25, -0.2) is 4.98 Å². The van der Waals surface area contributed by atoms with Gasteiger partial charge in [-0.3, -0.25) is 4.79 Å². The molecule has 2 rings (SSSR count). The summed E-state index contributed by atoms with van der Waals surface area (Å²) in [5.41, 5.74) is 1.35. The number of aromatic amines is 1. The van der Waals surface area contributed by atoms with Crippen LogP contribution in [0.1, 0.15) is 16.8 Å². The normalized spacial score (nSPS) is 10.8. The number of hydrogen-bond donors (Lipinski definition) is 1. The van der Waals surface area contributed by atoms with Crippen LogP contribution in [0.3, 0.4) is 0 Å². The molecular weight excluding hydrogens is 279 g/mol. The van der Waals surface area contributed by atoms with E-state index in [0.717, 1.165) is 9.86 Å². The highest BCUT2D eigenvalue weighted by molar-refractivity contribution is 9.10. The molecule has 0 spiro atoms. The van der Waals surface area contributed by atoms with E-state index in [1.54, 1.807) is 12.4 Å². The van der Waals surface area contributed by atoms with E-state index in [0.29, 0.717) is 23.5 Å². The van der Waals surface area contributed by atoms with E-state index in [-0.39, 0.29) is 5.78 Å². The fourth-order valence-electron chi connectivity index (χ4n) is 1.46. The zero-order valence-corrected chi connectivity index (χ0v) is 10.1. The average Bonchev–Trinajstić information content (AvgIpc) is 2.63. The second kappa shape index (κ2) is 4.33. The Labute approximate surface area is 100.0 Å². The summed E-state index contributed by atoms with van der Waals surface area (Å²) in [6, 6.07) is 1.81. The van der Waals surface area contributed by atoms with Crippen molar-refractivity contribution < 1.29 is 4.79 Å². The maximum atomic E-state index is 11.7. The van der Waals surface area contributed by atoms with Gasteiger partial charge < -0.3 is 4.98 Å². The second-order valence-electron chi connectivity index (χ2n) is 3.08. The molecule has 0 unspecified atom stereocenters. The molecule has 2 heterocycles. The SMILES string of the molecule is O=C(CCCl)c1c[nH]c2nccc(Br)c12. The lowest BCUT2D eigenvalue weighted by molar-refractivity contribution is 0.0991. The Bertz CT molecular complexity index is 509. The van der Waals surface area contributed by atoms with Crippen LogP contribution in [0.25, 0.3) is 11.0 Å².